The number of fused-ring (bicyclic) bond motifs is 4. The van der Waals surface area contributed by atoms with Gasteiger partial charge in [0.2, 0.25) is 0 Å². The predicted molar refractivity (Wildman–Crippen MR) is 122 cm³/mol. The molecule has 3 aliphatic carbocycles. The Kier molecular flexibility index (Phi) is 5.10. The summed E-state index contributed by atoms with van der Waals surface area (Å²) in [7, 11) is 0. The van der Waals surface area contributed by atoms with Crippen LogP contribution in [0.2, 0.25) is 0 Å². The van der Waals surface area contributed by atoms with E-state index in [9.17, 15) is 4.79 Å². The SMILES string of the molecule is CCCOc1ccc2c(c1)CCC1=C2CC[C@]2(CCc3ccccc3)C(=O)CC=C12. The van der Waals surface area contributed by atoms with Gasteiger partial charge in [0.15, 0.2) is 0 Å². The lowest BCUT2D eigenvalue weighted by atomic mass is 9.62. The Balaban J connectivity index is 1.45. The highest BCUT2D eigenvalue weighted by Crippen LogP contribution is 2.56. The minimum Gasteiger partial charge on any atom is -0.494 e. The number of ether oxygens (including phenoxy) is 1. The molecule has 154 valence electrons. The van der Waals surface area contributed by atoms with Crippen molar-refractivity contribution in [1.82, 2.24) is 0 Å². The maximum absolute atomic E-state index is 13.1. The van der Waals surface area contributed by atoms with Gasteiger partial charge >= 0.3 is 0 Å². The zero-order valence-corrected chi connectivity index (χ0v) is 17.9. The minimum absolute atomic E-state index is 0.254. The van der Waals surface area contributed by atoms with Gasteiger partial charge in [-0.25, -0.2) is 0 Å². The lowest BCUT2D eigenvalue weighted by Crippen LogP contribution is -2.34. The Morgan fingerprint density at radius 1 is 1.00 bits per heavy atom. The molecule has 2 aromatic rings. The molecule has 5 rings (SSSR count). The van der Waals surface area contributed by atoms with Gasteiger partial charge in [-0.3, -0.25) is 4.79 Å². The van der Waals surface area contributed by atoms with Crippen LogP contribution in [0, 0.1) is 5.41 Å². The van der Waals surface area contributed by atoms with Crippen molar-refractivity contribution in [3.05, 3.63) is 82.4 Å². The first-order chi connectivity index (χ1) is 14.7. The number of allylic oxidation sites excluding steroid dienone is 4. The molecule has 0 saturated carbocycles. The molecule has 0 unspecified atom stereocenters. The fraction of sp³-hybridized carbons (Fsp3) is 0.393. The van der Waals surface area contributed by atoms with E-state index < -0.39 is 0 Å². The first-order valence-corrected chi connectivity index (χ1v) is 11.5. The molecule has 0 N–H and O–H groups in total. The molecule has 0 bridgehead atoms. The number of benzene rings is 2. The Bertz CT molecular complexity index is 1030. The van der Waals surface area contributed by atoms with Crippen LogP contribution in [-0.2, 0) is 17.6 Å². The molecule has 0 radical (unpaired) electrons. The molecule has 0 spiro atoms. The van der Waals surface area contributed by atoms with Crippen molar-refractivity contribution in [1.29, 1.82) is 0 Å². The lowest BCUT2D eigenvalue weighted by molar-refractivity contribution is -0.125. The van der Waals surface area contributed by atoms with Crippen molar-refractivity contribution in [2.75, 3.05) is 6.61 Å². The third kappa shape index (κ3) is 3.23. The van der Waals surface area contributed by atoms with Gasteiger partial charge in [-0.05, 0) is 90.5 Å². The van der Waals surface area contributed by atoms with Crippen LogP contribution in [0.5, 0.6) is 5.75 Å². The van der Waals surface area contributed by atoms with Crippen molar-refractivity contribution in [2.24, 2.45) is 5.41 Å². The van der Waals surface area contributed by atoms with E-state index >= 15 is 0 Å². The first-order valence-electron chi connectivity index (χ1n) is 11.5. The van der Waals surface area contributed by atoms with Gasteiger partial charge in [-0.15, -0.1) is 0 Å². The molecular formula is C28H30O2. The molecule has 30 heavy (non-hydrogen) atoms. The zero-order chi connectivity index (χ0) is 20.6. The van der Waals surface area contributed by atoms with Crippen LogP contribution in [0.3, 0.4) is 0 Å². The van der Waals surface area contributed by atoms with Crippen LogP contribution in [0.25, 0.3) is 5.57 Å². The monoisotopic (exact) mass is 398 g/mol. The van der Waals surface area contributed by atoms with Gasteiger partial charge in [0, 0.05) is 6.42 Å². The van der Waals surface area contributed by atoms with Crippen molar-refractivity contribution in [3.63, 3.8) is 0 Å². The Morgan fingerprint density at radius 2 is 1.87 bits per heavy atom. The van der Waals surface area contributed by atoms with E-state index in [2.05, 4.69) is 61.5 Å². The maximum atomic E-state index is 13.1. The molecule has 0 aromatic heterocycles. The first kappa shape index (κ1) is 19.4. The van der Waals surface area contributed by atoms with Crippen LogP contribution in [0.15, 0.2) is 65.8 Å². The molecule has 0 fully saturated rings. The number of hydrogen-bond acceptors (Lipinski definition) is 2. The Hall–Kier alpha value is -2.61. The van der Waals surface area contributed by atoms with Crippen molar-refractivity contribution >= 4 is 11.4 Å². The molecule has 2 heteroatoms. The van der Waals surface area contributed by atoms with Crippen molar-refractivity contribution in [2.45, 2.75) is 58.3 Å². The average Bonchev–Trinajstić information content (AvgIpc) is 3.13. The second-order valence-corrected chi connectivity index (χ2v) is 8.94. The number of ketones is 1. The van der Waals surface area contributed by atoms with Crippen LogP contribution in [-0.4, -0.2) is 12.4 Å². The number of aryl methyl sites for hydroxylation is 2. The average molecular weight is 399 g/mol. The highest BCUT2D eigenvalue weighted by molar-refractivity contribution is 5.97. The molecule has 2 aromatic carbocycles. The second kappa shape index (κ2) is 7.91. The second-order valence-electron chi connectivity index (χ2n) is 8.94. The van der Waals surface area contributed by atoms with Gasteiger partial charge in [-0.1, -0.05) is 49.4 Å². The quantitative estimate of drug-likeness (QED) is 0.556. The standard InChI is InChI=1S/C28H30O2/c1-2-18-30-22-9-11-23-21(19-22)8-10-25-24(23)15-17-28(26(25)12-13-27(28)29)16-14-20-6-4-3-5-7-20/h3-7,9,11-12,19H,2,8,10,13-18H2,1H3/t28-/m0/s1. The summed E-state index contributed by atoms with van der Waals surface area (Å²) in [5.74, 6) is 1.43. The van der Waals surface area contributed by atoms with Gasteiger partial charge in [0.05, 0.1) is 12.0 Å². The Labute approximate surface area is 179 Å². The topological polar surface area (TPSA) is 26.3 Å². The summed E-state index contributed by atoms with van der Waals surface area (Å²) in [6, 6.07) is 17.2. The fourth-order valence-electron chi connectivity index (χ4n) is 5.70. The minimum atomic E-state index is -0.254. The smallest absolute Gasteiger partial charge is 0.147 e. The summed E-state index contributed by atoms with van der Waals surface area (Å²) in [6.07, 6.45) is 9.86. The zero-order valence-electron chi connectivity index (χ0n) is 17.9. The van der Waals surface area contributed by atoms with Crippen LogP contribution in [0.1, 0.15) is 62.1 Å². The van der Waals surface area contributed by atoms with Gasteiger partial charge in [0.25, 0.3) is 0 Å². The summed E-state index contributed by atoms with van der Waals surface area (Å²) >= 11 is 0. The Morgan fingerprint density at radius 3 is 2.70 bits per heavy atom. The van der Waals surface area contributed by atoms with Crippen LogP contribution >= 0.6 is 0 Å². The van der Waals surface area contributed by atoms with E-state index in [0.717, 1.165) is 57.3 Å². The van der Waals surface area contributed by atoms with E-state index in [1.54, 1.807) is 0 Å². The van der Waals surface area contributed by atoms with Crippen molar-refractivity contribution < 1.29 is 9.53 Å². The predicted octanol–water partition coefficient (Wildman–Crippen LogP) is 6.49. The highest BCUT2D eigenvalue weighted by atomic mass is 16.5. The van der Waals surface area contributed by atoms with Crippen molar-refractivity contribution in [3.8, 4) is 5.75 Å². The van der Waals surface area contributed by atoms with Gasteiger partial charge < -0.3 is 4.74 Å². The highest BCUT2D eigenvalue weighted by Gasteiger charge is 2.48. The van der Waals surface area contributed by atoms with Gasteiger partial charge in [-0.2, -0.15) is 0 Å². The van der Waals surface area contributed by atoms with E-state index in [0.29, 0.717) is 12.2 Å². The van der Waals surface area contributed by atoms with E-state index in [1.165, 1.54) is 33.4 Å². The summed E-state index contributed by atoms with van der Waals surface area (Å²) < 4.78 is 5.86. The number of carbonyl (C=O) groups is 1. The summed E-state index contributed by atoms with van der Waals surface area (Å²) in [5, 5.41) is 0. The van der Waals surface area contributed by atoms with Crippen LogP contribution in [0.4, 0.5) is 0 Å². The third-order valence-corrected chi connectivity index (χ3v) is 7.23. The molecule has 0 heterocycles. The maximum Gasteiger partial charge on any atom is 0.147 e. The number of rotatable bonds is 6. The number of carbonyl (C=O) groups excluding carboxylic acids is 1. The summed E-state index contributed by atoms with van der Waals surface area (Å²) in [6.45, 7) is 2.91. The van der Waals surface area contributed by atoms with Crippen LogP contribution < -0.4 is 4.74 Å². The third-order valence-electron chi connectivity index (χ3n) is 7.23. The summed E-state index contributed by atoms with van der Waals surface area (Å²) in [4.78, 5) is 13.1. The summed E-state index contributed by atoms with van der Waals surface area (Å²) in [5.41, 5.74) is 8.18. The molecule has 3 aliphatic rings. The van der Waals surface area contributed by atoms with E-state index in [4.69, 9.17) is 4.74 Å². The fourth-order valence-corrected chi connectivity index (χ4v) is 5.70. The number of hydrogen-bond donors (Lipinski definition) is 0. The molecule has 1 atom stereocenters. The normalized spacial score (nSPS) is 22.3. The molecule has 0 amide bonds. The van der Waals surface area contributed by atoms with E-state index in [1.807, 2.05) is 0 Å². The molecule has 0 aliphatic heterocycles. The molecular weight excluding hydrogens is 368 g/mol. The largest absolute Gasteiger partial charge is 0.494 e. The number of Topliss-reactive ketones (excluding diaryl/α,β-unsaturated/α-hetero) is 1. The molecule has 0 saturated heterocycles. The lowest BCUT2D eigenvalue weighted by Gasteiger charge is -2.40. The molecule has 2 nitrogen and oxygen atoms in total. The van der Waals surface area contributed by atoms with E-state index in [-0.39, 0.29) is 5.41 Å². The van der Waals surface area contributed by atoms with Gasteiger partial charge in [0.1, 0.15) is 11.5 Å².